The first-order valence-corrected chi connectivity index (χ1v) is 11.3. The second-order valence-electron chi connectivity index (χ2n) is 7.72. The van der Waals surface area contributed by atoms with Crippen LogP contribution in [0.25, 0.3) is 0 Å². The van der Waals surface area contributed by atoms with Crippen molar-refractivity contribution in [3.05, 3.63) is 65.2 Å². The number of nitrogens with zero attached hydrogens (tertiary/aromatic N) is 1. The van der Waals surface area contributed by atoms with Gasteiger partial charge in [-0.3, -0.25) is 9.10 Å². The second kappa shape index (κ2) is 9.24. The number of benzene rings is 2. The Morgan fingerprint density at radius 2 is 1.71 bits per heavy atom. The smallest absolute Gasteiger partial charge is 0.241 e. The molecular formula is C22H30N2O3S. The highest BCUT2D eigenvalue weighted by molar-refractivity contribution is 7.92. The zero-order valence-electron chi connectivity index (χ0n) is 17.3. The number of nitrogens with one attached hydrogen (secondary N) is 1. The van der Waals surface area contributed by atoms with Gasteiger partial charge < -0.3 is 5.32 Å². The standard InChI is InChI=1S/C22H30N2O3S/c1-16(2)13-20(19-9-7-6-8-10-19)23-22(25)15-24(28(5,26)27)21-14-17(3)11-12-18(21)4/h6-12,14,16,20H,13,15H2,1-5H3,(H,23,25)/t20-/m0/s1. The van der Waals surface area contributed by atoms with Crippen LogP contribution < -0.4 is 9.62 Å². The van der Waals surface area contributed by atoms with E-state index in [1.165, 1.54) is 4.31 Å². The number of amides is 1. The summed E-state index contributed by atoms with van der Waals surface area (Å²) >= 11 is 0. The maximum absolute atomic E-state index is 12.8. The minimum absolute atomic E-state index is 0.159. The number of sulfonamides is 1. The number of anilines is 1. The number of carbonyl (C=O) groups excluding carboxylic acids is 1. The molecule has 0 aliphatic heterocycles. The maximum Gasteiger partial charge on any atom is 0.241 e. The molecule has 5 nitrogen and oxygen atoms in total. The van der Waals surface area contributed by atoms with Crippen LogP contribution in [0.1, 0.15) is 43.0 Å². The van der Waals surface area contributed by atoms with Gasteiger partial charge in [-0.1, -0.05) is 56.3 Å². The highest BCUT2D eigenvalue weighted by Crippen LogP contribution is 2.25. The van der Waals surface area contributed by atoms with Crippen LogP contribution in [0.4, 0.5) is 5.69 Å². The highest BCUT2D eigenvalue weighted by Gasteiger charge is 2.24. The summed E-state index contributed by atoms with van der Waals surface area (Å²) in [7, 11) is -3.60. The lowest BCUT2D eigenvalue weighted by molar-refractivity contribution is -0.120. The Balaban J connectivity index is 2.26. The van der Waals surface area contributed by atoms with Crippen molar-refractivity contribution in [1.82, 2.24) is 5.32 Å². The van der Waals surface area contributed by atoms with Gasteiger partial charge in [-0.15, -0.1) is 0 Å². The molecular weight excluding hydrogens is 372 g/mol. The molecule has 6 heteroatoms. The average Bonchev–Trinajstić information content (AvgIpc) is 2.61. The highest BCUT2D eigenvalue weighted by atomic mass is 32.2. The van der Waals surface area contributed by atoms with Crippen molar-refractivity contribution in [2.24, 2.45) is 5.92 Å². The molecule has 152 valence electrons. The Kier molecular flexibility index (Phi) is 7.24. The zero-order chi connectivity index (χ0) is 20.9. The molecule has 0 radical (unpaired) electrons. The number of carbonyl (C=O) groups is 1. The first-order chi connectivity index (χ1) is 13.1. The Bertz CT molecular complexity index is 909. The molecule has 2 aromatic rings. The molecule has 2 rings (SSSR count). The Morgan fingerprint density at radius 3 is 2.29 bits per heavy atom. The van der Waals surface area contributed by atoms with E-state index in [4.69, 9.17) is 0 Å². The first-order valence-electron chi connectivity index (χ1n) is 9.47. The van der Waals surface area contributed by atoms with Gasteiger partial charge >= 0.3 is 0 Å². The molecule has 1 amide bonds. The van der Waals surface area contributed by atoms with E-state index in [-0.39, 0.29) is 18.5 Å². The van der Waals surface area contributed by atoms with Crippen LogP contribution in [-0.4, -0.2) is 27.1 Å². The molecule has 0 bridgehead atoms. The normalized spacial score (nSPS) is 12.6. The largest absolute Gasteiger partial charge is 0.348 e. The lowest BCUT2D eigenvalue weighted by atomic mass is 9.97. The van der Waals surface area contributed by atoms with Crippen molar-refractivity contribution in [3.63, 3.8) is 0 Å². The van der Waals surface area contributed by atoms with E-state index in [0.29, 0.717) is 11.6 Å². The molecule has 28 heavy (non-hydrogen) atoms. The number of rotatable bonds is 8. The van der Waals surface area contributed by atoms with Gasteiger partial charge in [0, 0.05) is 0 Å². The summed E-state index contributed by atoms with van der Waals surface area (Å²) in [5.74, 6) is 0.0661. The molecule has 1 N–H and O–H groups in total. The van der Waals surface area contributed by atoms with Crippen LogP contribution in [0, 0.1) is 19.8 Å². The second-order valence-corrected chi connectivity index (χ2v) is 9.63. The van der Waals surface area contributed by atoms with Gasteiger partial charge in [-0.05, 0) is 48.9 Å². The summed E-state index contributed by atoms with van der Waals surface area (Å²) in [5.41, 5.74) is 3.31. The van der Waals surface area contributed by atoms with Crippen LogP contribution >= 0.6 is 0 Å². The first kappa shape index (κ1) is 22.0. The number of hydrogen-bond acceptors (Lipinski definition) is 3. The van der Waals surface area contributed by atoms with Crippen LogP contribution in [0.2, 0.25) is 0 Å². The van der Waals surface area contributed by atoms with E-state index in [1.807, 2.05) is 56.3 Å². The van der Waals surface area contributed by atoms with Gasteiger partial charge in [0.2, 0.25) is 15.9 Å². The van der Waals surface area contributed by atoms with Crippen LogP contribution in [0.3, 0.4) is 0 Å². The number of hydrogen-bond donors (Lipinski definition) is 1. The molecule has 0 spiro atoms. The summed E-state index contributed by atoms with van der Waals surface area (Å²) in [6, 6.07) is 15.2. The van der Waals surface area contributed by atoms with Crippen molar-refractivity contribution < 1.29 is 13.2 Å². The molecule has 0 fully saturated rings. The van der Waals surface area contributed by atoms with Crippen LogP contribution in [0.5, 0.6) is 0 Å². The van der Waals surface area contributed by atoms with Gasteiger partial charge in [0.05, 0.1) is 18.0 Å². The molecule has 0 unspecified atom stereocenters. The fraction of sp³-hybridized carbons (Fsp3) is 0.409. The Hall–Kier alpha value is -2.34. The van der Waals surface area contributed by atoms with Crippen molar-refractivity contribution >= 4 is 21.6 Å². The average molecular weight is 403 g/mol. The van der Waals surface area contributed by atoms with Crippen molar-refractivity contribution in [1.29, 1.82) is 0 Å². The summed E-state index contributed by atoms with van der Waals surface area (Å²) < 4.78 is 26.0. The van der Waals surface area contributed by atoms with Crippen molar-refractivity contribution in [2.75, 3.05) is 17.1 Å². The lowest BCUT2D eigenvalue weighted by Crippen LogP contribution is -2.42. The van der Waals surface area contributed by atoms with Crippen molar-refractivity contribution in [3.8, 4) is 0 Å². The van der Waals surface area contributed by atoms with Gasteiger partial charge in [-0.25, -0.2) is 8.42 Å². The van der Waals surface area contributed by atoms with E-state index < -0.39 is 10.0 Å². The third-order valence-corrected chi connectivity index (χ3v) is 5.69. The minimum atomic E-state index is -3.60. The molecule has 0 heterocycles. The van der Waals surface area contributed by atoms with E-state index in [9.17, 15) is 13.2 Å². The summed E-state index contributed by atoms with van der Waals surface area (Å²) in [5, 5.41) is 3.03. The van der Waals surface area contributed by atoms with E-state index in [0.717, 1.165) is 29.4 Å². The Labute approximate surface area is 168 Å². The van der Waals surface area contributed by atoms with E-state index in [1.54, 1.807) is 6.07 Å². The van der Waals surface area contributed by atoms with Crippen molar-refractivity contribution in [2.45, 2.75) is 40.2 Å². The number of aryl methyl sites for hydroxylation is 2. The Morgan fingerprint density at radius 1 is 1.07 bits per heavy atom. The van der Waals surface area contributed by atoms with E-state index >= 15 is 0 Å². The molecule has 2 aromatic carbocycles. The molecule has 0 aliphatic carbocycles. The molecule has 0 aromatic heterocycles. The zero-order valence-corrected chi connectivity index (χ0v) is 18.1. The van der Waals surface area contributed by atoms with Crippen LogP contribution in [-0.2, 0) is 14.8 Å². The predicted octanol–water partition coefficient (Wildman–Crippen LogP) is 3.97. The summed E-state index contributed by atoms with van der Waals surface area (Å²) in [6.45, 7) is 7.69. The fourth-order valence-corrected chi connectivity index (χ4v) is 4.08. The summed E-state index contributed by atoms with van der Waals surface area (Å²) in [4.78, 5) is 12.8. The quantitative estimate of drug-likeness (QED) is 0.726. The van der Waals surface area contributed by atoms with Gasteiger partial charge in [0.15, 0.2) is 0 Å². The topological polar surface area (TPSA) is 66.5 Å². The summed E-state index contributed by atoms with van der Waals surface area (Å²) in [6.07, 6.45) is 1.91. The third kappa shape index (κ3) is 6.09. The fourth-order valence-electron chi connectivity index (χ4n) is 3.17. The monoisotopic (exact) mass is 402 g/mol. The predicted molar refractivity (Wildman–Crippen MR) is 115 cm³/mol. The maximum atomic E-state index is 12.8. The van der Waals surface area contributed by atoms with Gasteiger partial charge in [0.1, 0.15) is 6.54 Å². The lowest BCUT2D eigenvalue weighted by Gasteiger charge is -2.26. The molecule has 0 aliphatic rings. The van der Waals surface area contributed by atoms with Crippen LogP contribution in [0.15, 0.2) is 48.5 Å². The van der Waals surface area contributed by atoms with Gasteiger partial charge in [0.25, 0.3) is 0 Å². The van der Waals surface area contributed by atoms with E-state index in [2.05, 4.69) is 19.2 Å². The minimum Gasteiger partial charge on any atom is -0.348 e. The van der Waals surface area contributed by atoms with Gasteiger partial charge in [-0.2, -0.15) is 0 Å². The molecule has 0 saturated heterocycles. The molecule has 1 atom stereocenters. The SMILES string of the molecule is Cc1ccc(C)c(N(CC(=O)N[C@@H](CC(C)C)c2ccccc2)S(C)(=O)=O)c1. The molecule has 0 saturated carbocycles. The third-order valence-electron chi connectivity index (χ3n) is 4.57.